The molecule has 0 fully saturated rings. The molecule has 0 unspecified atom stereocenters. The van der Waals surface area contributed by atoms with Crippen molar-refractivity contribution in [2.45, 2.75) is 19.1 Å². The fourth-order valence-corrected chi connectivity index (χ4v) is 2.00. The SMILES string of the molecule is COCO[C@@H](c1cc(Cl)ccc1Cl)[C@H](C)OC(N)=O. The second-order valence-electron chi connectivity index (χ2n) is 3.80. The average molecular weight is 308 g/mol. The highest BCUT2D eigenvalue weighted by Crippen LogP contribution is 2.31. The summed E-state index contributed by atoms with van der Waals surface area (Å²) < 4.78 is 15.2. The van der Waals surface area contributed by atoms with Crippen LogP contribution in [-0.2, 0) is 14.2 Å². The van der Waals surface area contributed by atoms with Crippen LogP contribution < -0.4 is 5.73 Å². The van der Waals surface area contributed by atoms with Gasteiger partial charge in [-0.15, -0.1) is 0 Å². The molecule has 5 nitrogen and oxygen atoms in total. The number of carbonyl (C=O) groups is 1. The minimum absolute atomic E-state index is 0.0139. The van der Waals surface area contributed by atoms with Crippen molar-refractivity contribution in [2.75, 3.05) is 13.9 Å². The number of ether oxygens (including phenoxy) is 3. The Hall–Kier alpha value is -1.01. The van der Waals surface area contributed by atoms with Gasteiger partial charge in [-0.3, -0.25) is 0 Å². The number of nitrogens with two attached hydrogens (primary N) is 1. The monoisotopic (exact) mass is 307 g/mol. The van der Waals surface area contributed by atoms with Gasteiger partial charge in [0, 0.05) is 22.7 Å². The number of rotatable bonds is 6. The van der Waals surface area contributed by atoms with Crippen molar-refractivity contribution in [3.8, 4) is 0 Å². The number of hydrogen-bond acceptors (Lipinski definition) is 4. The topological polar surface area (TPSA) is 70.8 Å². The molecule has 1 aromatic rings. The van der Waals surface area contributed by atoms with Gasteiger partial charge in [-0.05, 0) is 25.1 Å². The first-order chi connectivity index (χ1) is 8.95. The summed E-state index contributed by atoms with van der Waals surface area (Å²) in [5, 5.41) is 0.946. The summed E-state index contributed by atoms with van der Waals surface area (Å²) in [6.07, 6.45) is -2.15. The fraction of sp³-hybridized carbons (Fsp3) is 0.417. The summed E-state index contributed by atoms with van der Waals surface area (Å²) in [7, 11) is 1.48. The first kappa shape index (κ1) is 16.0. The molecule has 1 rings (SSSR count). The smallest absolute Gasteiger partial charge is 0.404 e. The lowest BCUT2D eigenvalue weighted by molar-refractivity contribution is -0.111. The Morgan fingerprint density at radius 2 is 2.11 bits per heavy atom. The summed E-state index contributed by atoms with van der Waals surface area (Å²) in [4.78, 5) is 10.8. The molecular weight excluding hydrogens is 293 g/mol. The molecule has 0 saturated heterocycles. The van der Waals surface area contributed by atoms with Gasteiger partial charge >= 0.3 is 6.09 Å². The maximum Gasteiger partial charge on any atom is 0.404 e. The Bertz CT molecular complexity index is 442. The van der Waals surface area contributed by atoms with Crippen LogP contribution >= 0.6 is 23.2 Å². The Kier molecular flexibility index (Phi) is 6.37. The fourth-order valence-electron chi connectivity index (χ4n) is 1.60. The normalized spacial score (nSPS) is 13.9. The molecule has 0 saturated carbocycles. The number of benzene rings is 1. The highest BCUT2D eigenvalue weighted by atomic mass is 35.5. The van der Waals surface area contributed by atoms with Crippen LogP contribution in [0.4, 0.5) is 4.79 Å². The third kappa shape index (κ3) is 4.87. The van der Waals surface area contributed by atoms with E-state index >= 15 is 0 Å². The number of carbonyl (C=O) groups excluding carboxylic acids is 1. The molecule has 0 aliphatic rings. The lowest BCUT2D eigenvalue weighted by Gasteiger charge is -2.24. The minimum atomic E-state index is -0.892. The molecule has 0 aromatic heterocycles. The van der Waals surface area contributed by atoms with Crippen molar-refractivity contribution in [1.29, 1.82) is 0 Å². The van der Waals surface area contributed by atoms with Crippen molar-refractivity contribution in [3.05, 3.63) is 33.8 Å². The van der Waals surface area contributed by atoms with Crippen LogP contribution in [0.2, 0.25) is 10.0 Å². The molecule has 0 spiro atoms. The third-order valence-corrected chi connectivity index (χ3v) is 2.94. The molecule has 0 bridgehead atoms. The summed E-state index contributed by atoms with van der Waals surface area (Å²) in [5.41, 5.74) is 5.60. The molecule has 0 heterocycles. The second kappa shape index (κ2) is 7.55. The Morgan fingerprint density at radius 1 is 1.42 bits per heavy atom. The van der Waals surface area contributed by atoms with Crippen LogP contribution in [0.1, 0.15) is 18.6 Å². The molecule has 19 heavy (non-hydrogen) atoms. The number of primary amides is 1. The van der Waals surface area contributed by atoms with E-state index in [0.29, 0.717) is 15.6 Å². The van der Waals surface area contributed by atoms with E-state index in [1.165, 1.54) is 7.11 Å². The average Bonchev–Trinajstić information content (AvgIpc) is 2.33. The summed E-state index contributed by atoms with van der Waals surface area (Å²) >= 11 is 12.0. The summed E-state index contributed by atoms with van der Waals surface area (Å²) in [6.45, 7) is 1.66. The number of methoxy groups -OCH3 is 1. The summed E-state index contributed by atoms with van der Waals surface area (Å²) in [6, 6.07) is 4.94. The van der Waals surface area contributed by atoms with E-state index in [1.807, 2.05) is 0 Å². The van der Waals surface area contributed by atoms with Gasteiger partial charge in [0.15, 0.2) is 0 Å². The van der Waals surface area contributed by atoms with E-state index in [-0.39, 0.29) is 6.79 Å². The molecule has 2 N–H and O–H groups in total. The minimum Gasteiger partial charge on any atom is -0.444 e. The largest absolute Gasteiger partial charge is 0.444 e. The molecule has 1 amide bonds. The van der Waals surface area contributed by atoms with Crippen molar-refractivity contribution in [2.24, 2.45) is 5.73 Å². The van der Waals surface area contributed by atoms with Gasteiger partial charge in [-0.25, -0.2) is 4.79 Å². The number of amides is 1. The molecule has 0 radical (unpaired) electrons. The maximum absolute atomic E-state index is 10.8. The van der Waals surface area contributed by atoms with Gasteiger partial charge in [-0.2, -0.15) is 0 Å². The van der Waals surface area contributed by atoms with Crippen molar-refractivity contribution in [1.82, 2.24) is 0 Å². The first-order valence-corrected chi connectivity index (χ1v) is 6.23. The van der Waals surface area contributed by atoms with Gasteiger partial charge in [0.2, 0.25) is 0 Å². The molecule has 7 heteroatoms. The zero-order chi connectivity index (χ0) is 14.4. The van der Waals surface area contributed by atoms with Crippen molar-refractivity contribution >= 4 is 29.3 Å². The summed E-state index contributed by atoms with van der Waals surface area (Å²) in [5.74, 6) is 0. The lowest BCUT2D eigenvalue weighted by Crippen LogP contribution is -2.28. The second-order valence-corrected chi connectivity index (χ2v) is 4.65. The van der Waals surface area contributed by atoms with Crippen molar-refractivity contribution < 1.29 is 19.0 Å². The number of halogens is 2. The quantitative estimate of drug-likeness (QED) is 0.820. The standard InChI is InChI=1S/C12H15Cl2NO4/c1-7(19-12(15)16)11(18-6-17-2)9-5-8(13)3-4-10(9)14/h3-5,7,11H,6H2,1-2H3,(H2,15,16)/t7-,11+/m0/s1. The van der Waals surface area contributed by atoms with Gasteiger partial charge < -0.3 is 19.9 Å². The van der Waals surface area contributed by atoms with Gasteiger partial charge in [0.05, 0.1) is 0 Å². The lowest BCUT2D eigenvalue weighted by atomic mass is 10.1. The molecule has 0 aliphatic heterocycles. The molecule has 1 aromatic carbocycles. The van der Waals surface area contributed by atoms with Crippen LogP contribution in [0.5, 0.6) is 0 Å². The predicted octanol–water partition coefficient (Wildman–Crippen LogP) is 3.14. The maximum atomic E-state index is 10.8. The Labute approximate surface area is 121 Å². The van der Waals surface area contributed by atoms with Gasteiger partial charge in [0.1, 0.15) is 19.0 Å². The third-order valence-electron chi connectivity index (χ3n) is 2.36. The highest BCUT2D eigenvalue weighted by Gasteiger charge is 2.25. The molecular formula is C12H15Cl2NO4. The Balaban J connectivity index is 3.00. The molecule has 106 valence electrons. The first-order valence-electron chi connectivity index (χ1n) is 5.47. The Morgan fingerprint density at radius 3 is 2.68 bits per heavy atom. The van der Waals surface area contributed by atoms with Crippen LogP contribution in [0.15, 0.2) is 18.2 Å². The van der Waals surface area contributed by atoms with E-state index in [2.05, 4.69) is 0 Å². The van der Waals surface area contributed by atoms with Crippen LogP contribution in [0.25, 0.3) is 0 Å². The zero-order valence-electron chi connectivity index (χ0n) is 10.6. The van der Waals surface area contributed by atoms with Gasteiger partial charge in [0.25, 0.3) is 0 Å². The van der Waals surface area contributed by atoms with Crippen molar-refractivity contribution in [3.63, 3.8) is 0 Å². The van der Waals surface area contributed by atoms with E-state index in [9.17, 15) is 4.79 Å². The molecule has 2 atom stereocenters. The van der Waals surface area contributed by atoms with Crippen LogP contribution in [0, 0.1) is 0 Å². The highest BCUT2D eigenvalue weighted by molar-refractivity contribution is 6.33. The zero-order valence-corrected chi connectivity index (χ0v) is 12.1. The van der Waals surface area contributed by atoms with Crippen LogP contribution in [0.3, 0.4) is 0 Å². The van der Waals surface area contributed by atoms with Crippen LogP contribution in [-0.4, -0.2) is 26.1 Å². The predicted molar refractivity (Wildman–Crippen MR) is 72.3 cm³/mol. The van der Waals surface area contributed by atoms with E-state index in [1.54, 1.807) is 25.1 Å². The number of hydrogen-bond donors (Lipinski definition) is 1. The van der Waals surface area contributed by atoms with E-state index in [4.69, 9.17) is 43.1 Å². The van der Waals surface area contributed by atoms with Gasteiger partial charge in [-0.1, -0.05) is 23.2 Å². The molecule has 0 aliphatic carbocycles. The van der Waals surface area contributed by atoms with E-state index < -0.39 is 18.3 Å². The van der Waals surface area contributed by atoms with E-state index in [0.717, 1.165) is 0 Å².